The highest BCUT2D eigenvalue weighted by atomic mass is 35.5. The molecule has 90 valence electrons. The number of fused-ring (bicyclic) bond motifs is 1. The number of aryl methyl sites for hydroxylation is 2. The first-order chi connectivity index (χ1) is 8.65. The highest BCUT2D eigenvalue weighted by Gasteiger charge is 2.08. The third-order valence-corrected chi connectivity index (χ3v) is 3.15. The minimum Gasteiger partial charge on any atom is -0.197 e. The van der Waals surface area contributed by atoms with Crippen LogP contribution in [0.4, 0.5) is 0 Å². The second-order valence-electron chi connectivity index (χ2n) is 4.22. The molecule has 0 aliphatic heterocycles. The zero-order valence-electron chi connectivity index (χ0n) is 10.1. The Morgan fingerprint density at radius 1 is 1.06 bits per heavy atom. The first-order valence-electron chi connectivity index (χ1n) is 5.61. The molecule has 2 aromatic heterocycles. The fourth-order valence-electron chi connectivity index (χ4n) is 1.88. The third kappa shape index (κ3) is 1.75. The van der Waals surface area contributed by atoms with Gasteiger partial charge in [0.1, 0.15) is 0 Å². The third-order valence-electron chi connectivity index (χ3n) is 2.82. The van der Waals surface area contributed by atoms with E-state index in [0.29, 0.717) is 5.02 Å². The number of halogens is 1. The van der Waals surface area contributed by atoms with Crippen LogP contribution < -0.4 is 0 Å². The van der Waals surface area contributed by atoms with Crippen LogP contribution in [0.2, 0.25) is 5.02 Å². The SMILES string of the molecule is Cc1ccc(Cl)c(-c2ccc3nnc(C)n3n2)c1. The van der Waals surface area contributed by atoms with E-state index in [2.05, 4.69) is 15.3 Å². The molecule has 0 amide bonds. The molecule has 4 nitrogen and oxygen atoms in total. The van der Waals surface area contributed by atoms with E-state index in [9.17, 15) is 0 Å². The number of rotatable bonds is 1. The van der Waals surface area contributed by atoms with Gasteiger partial charge in [-0.2, -0.15) is 9.61 Å². The quantitative estimate of drug-likeness (QED) is 0.674. The van der Waals surface area contributed by atoms with Gasteiger partial charge in [0, 0.05) is 5.56 Å². The van der Waals surface area contributed by atoms with Gasteiger partial charge in [0.2, 0.25) is 0 Å². The second-order valence-corrected chi connectivity index (χ2v) is 4.63. The molecule has 0 aliphatic rings. The number of nitrogens with zero attached hydrogens (tertiary/aromatic N) is 4. The van der Waals surface area contributed by atoms with Crippen molar-refractivity contribution in [2.75, 3.05) is 0 Å². The molecule has 0 atom stereocenters. The molecule has 0 fully saturated rings. The average molecular weight is 259 g/mol. The molecule has 3 aromatic rings. The summed E-state index contributed by atoms with van der Waals surface area (Å²) in [7, 11) is 0. The Balaban J connectivity index is 2.24. The van der Waals surface area contributed by atoms with E-state index in [0.717, 1.165) is 28.3 Å². The molecule has 0 aliphatic carbocycles. The van der Waals surface area contributed by atoms with E-state index in [1.54, 1.807) is 4.52 Å². The minimum absolute atomic E-state index is 0.693. The van der Waals surface area contributed by atoms with Crippen molar-refractivity contribution >= 4 is 17.2 Å². The van der Waals surface area contributed by atoms with Gasteiger partial charge in [0.25, 0.3) is 0 Å². The van der Waals surface area contributed by atoms with Crippen LogP contribution in [0.1, 0.15) is 11.4 Å². The minimum atomic E-state index is 0.693. The van der Waals surface area contributed by atoms with Gasteiger partial charge in [-0.25, -0.2) is 0 Å². The topological polar surface area (TPSA) is 43.1 Å². The van der Waals surface area contributed by atoms with Crippen molar-refractivity contribution in [3.05, 3.63) is 46.7 Å². The standard InChI is InChI=1S/C13H11ClN4/c1-8-3-4-11(14)10(7-8)12-5-6-13-16-15-9(2)18(13)17-12/h3-7H,1-2H3. The molecule has 0 saturated heterocycles. The summed E-state index contributed by atoms with van der Waals surface area (Å²) in [5.41, 5.74) is 3.63. The van der Waals surface area contributed by atoms with Crippen LogP contribution in [0.3, 0.4) is 0 Å². The predicted octanol–water partition coefficient (Wildman–Crippen LogP) is 3.06. The van der Waals surface area contributed by atoms with Crippen molar-refractivity contribution in [3.63, 3.8) is 0 Å². The van der Waals surface area contributed by atoms with E-state index in [4.69, 9.17) is 11.6 Å². The molecule has 3 rings (SSSR count). The second kappa shape index (κ2) is 4.07. The lowest BCUT2D eigenvalue weighted by molar-refractivity contribution is 0.880. The number of benzene rings is 1. The molecule has 0 N–H and O–H groups in total. The van der Waals surface area contributed by atoms with Crippen LogP contribution in [0, 0.1) is 13.8 Å². The molecule has 2 heterocycles. The number of hydrogen-bond donors (Lipinski definition) is 0. The fraction of sp³-hybridized carbons (Fsp3) is 0.154. The Labute approximate surface area is 109 Å². The summed E-state index contributed by atoms with van der Waals surface area (Å²) in [6.07, 6.45) is 0. The summed E-state index contributed by atoms with van der Waals surface area (Å²) in [6.45, 7) is 3.90. The van der Waals surface area contributed by atoms with Gasteiger partial charge in [-0.15, -0.1) is 10.2 Å². The maximum absolute atomic E-state index is 6.22. The Morgan fingerprint density at radius 2 is 1.89 bits per heavy atom. The molecule has 1 aromatic carbocycles. The molecule has 0 spiro atoms. The van der Waals surface area contributed by atoms with E-state index in [1.165, 1.54) is 0 Å². The van der Waals surface area contributed by atoms with Crippen LogP contribution >= 0.6 is 11.6 Å². The largest absolute Gasteiger partial charge is 0.197 e. The van der Waals surface area contributed by atoms with E-state index >= 15 is 0 Å². The summed E-state index contributed by atoms with van der Waals surface area (Å²) < 4.78 is 1.72. The normalized spacial score (nSPS) is 11.1. The maximum atomic E-state index is 6.22. The molecule has 0 saturated carbocycles. The lowest BCUT2D eigenvalue weighted by atomic mass is 10.1. The van der Waals surface area contributed by atoms with Gasteiger partial charge in [0.05, 0.1) is 10.7 Å². The van der Waals surface area contributed by atoms with E-state index < -0.39 is 0 Å². The van der Waals surface area contributed by atoms with Gasteiger partial charge < -0.3 is 0 Å². The van der Waals surface area contributed by atoms with Gasteiger partial charge in [-0.1, -0.05) is 23.2 Å². The highest BCUT2D eigenvalue weighted by molar-refractivity contribution is 6.33. The Kier molecular flexibility index (Phi) is 2.52. The van der Waals surface area contributed by atoms with Crippen molar-refractivity contribution in [2.24, 2.45) is 0 Å². The average Bonchev–Trinajstić information content (AvgIpc) is 2.74. The lowest BCUT2D eigenvalue weighted by Crippen LogP contribution is -1.97. The van der Waals surface area contributed by atoms with Crippen LogP contribution in [0.25, 0.3) is 16.9 Å². The Morgan fingerprint density at radius 3 is 2.72 bits per heavy atom. The first-order valence-corrected chi connectivity index (χ1v) is 5.98. The van der Waals surface area contributed by atoms with E-state index in [1.807, 2.05) is 44.2 Å². The van der Waals surface area contributed by atoms with Crippen molar-refractivity contribution in [2.45, 2.75) is 13.8 Å². The molecule has 0 unspecified atom stereocenters. The molecule has 18 heavy (non-hydrogen) atoms. The van der Waals surface area contributed by atoms with Crippen LogP contribution in [-0.2, 0) is 0 Å². The Hall–Kier alpha value is -1.94. The zero-order valence-corrected chi connectivity index (χ0v) is 10.8. The molecule has 0 bridgehead atoms. The molecular formula is C13H11ClN4. The van der Waals surface area contributed by atoms with Crippen LogP contribution in [-0.4, -0.2) is 19.8 Å². The molecular weight excluding hydrogens is 248 g/mol. The molecule has 0 radical (unpaired) electrons. The van der Waals surface area contributed by atoms with Crippen LogP contribution in [0.15, 0.2) is 30.3 Å². The first kappa shape index (κ1) is 11.2. The summed E-state index contributed by atoms with van der Waals surface area (Å²) in [6, 6.07) is 9.69. The highest BCUT2D eigenvalue weighted by Crippen LogP contribution is 2.27. The number of hydrogen-bond acceptors (Lipinski definition) is 3. The van der Waals surface area contributed by atoms with Gasteiger partial charge in [-0.05, 0) is 38.1 Å². The van der Waals surface area contributed by atoms with Crippen molar-refractivity contribution in [3.8, 4) is 11.3 Å². The van der Waals surface area contributed by atoms with Crippen molar-refractivity contribution in [1.29, 1.82) is 0 Å². The molecule has 5 heteroatoms. The fourth-order valence-corrected chi connectivity index (χ4v) is 2.09. The monoisotopic (exact) mass is 258 g/mol. The smallest absolute Gasteiger partial charge is 0.177 e. The van der Waals surface area contributed by atoms with Gasteiger partial charge in [-0.3, -0.25) is 0 Å². The summed E-state index contributed by atoms with van der Waals surface area (Å²) in [4.78, 5) is 0. The summed E-state index contributed by atoms with van der Waals surface area (Å²) in [5.74, 6) is 0.760. The predicted molar refractivity (Wildman–Crippen MR) is 70.7 cm³/mol. The van der Waals surface area contributed by atoms with Crippen molar-refractivity contribution < 1.29 is 0 Å². The Bertz CT molecular complexity index is 733. The van der Waals surface area contributed by atoms with Gasteiger partial charge >= 0.3 is 0 Å². The van der Waals surface area contributed by atoms with Gasteiger partial charge in [0.15, 0.2) is 11.5 Å². The van der Waals surface area contributed by atoms with Crippen LogP contribution in [0.5, 0.6) is 0 Å². The summed E-state index contributed by atoms with van der Waals surface area (Å²) in [5, 5.41) is 13.2. The zero-order chi connectivity index (χ0) is 12.7. The number of aromatic nitrogens is 4. The summed E-state index contributed by atoms with van der Waals surface area (Å²) >= 11 is 6.22. The maximum Gasteiger partial charge on any atom is 0.177 e. The van der Waals surface area contributed by atoms with Crippen molar-refractivity contribution in [1.82, 2.24) is 19.8 Å². The van der Waals surface area contributed by atoms with E-state index in [-0.39, 0.29) is 0 Å². The lowest BCUT2D eigenvalue weighted by Gasteiger charge is -2.05.